The fraction of sp³-hybridized carbons (Fsp3) is 0.500. The Bertz CT molecular complexity index is 262. The van der Waals surface area contributed by atoms with Crippen LogP contribution in [0, 0.1) is 0 Å². The van der Waals surface area contributed by atoms with Gasteiger partial charge in [-0.05, 0) is 25.5 Å². The van der Waals surface area contributed by atoms with Gasteiger partial charge in [-0.3, -0.25) is 0 Å². The SMILES string of the molecule is CCCNCC(=Cc1ccoc1)CC. The maximum Gasteiger partial charge on any atom is 0.0974 e. The lowest BCUT2D eigenvalue weighted by molar-refractivity contribution is 0.566. The third kappa shape index (κ3) is 3.79. The lowest BCUT2D eigenvalue weighted by Gasteiger charge is -2.05. The molecule has 0 bridgehead atoms. The molecule has 1 aromatic heterocycles. The predicted octanol–water partition coefficient (Wildman–Crippen LogP) is 3.07. The fourth-order valence-electron chi connectivity index (χ4n) is 1.30. The van der Waals surface area contributed by atoms with Crippen molar-refractivity contribution in [3.05, 3.63) is 29.7 Å². The van der Waals surface area contributed by atoms with Crippen LogP contribution in [0.1, 0.15) is 32.3 Å². The van der Waals surface area contributed by atoms with E-state index in [1.165, 1.54) is 12.0 Å². The molecule has 2 nitrogen and oxygen atoms in total. The Hall–Kier alpha value is -1.02. The summed E-state index contributed by atoms with van der Waals surface area (Å²) in [5.74, 6) is 0. The molecule has 1 rings (SSSR count). The molecule has 0 spiro atoms. The molecule has 0 amide bonds. The molecule has 0 aliphatic carbocycles. The van der Waals surface area contributed by atoms with E-state index >= 15 is 0 Å². The number of rotatable bonds is 6. The van der Waals surface area contributed by atoms with Crippen molar-refractivity contribution in [3.63, 3.8) is 0 Å². The molecule has 0 saturated carbocycles. The Morgan fingerprint density at radius 3 is 2.93 bits per heavy atom. The average molecular weight is 193 g/mol. The Morgan fingerprint density at radius 2 is 2.36 bits per heavy atom. The van der Waals surface area contributed by atoms with Crippen LogP contribution in [0.25, 0.3) is 6.08 Å². The van der Waals surface area contributed by atoms with Gasteiger partial charge in [0.1, 0.15) is 0 Å². The van der Waals surface area contributed by atoms with Crippen LogP contribution in [0.2, 0.25) is 0 Å². The standard InChI is InChI=1S/C12H19NO/c1-3-6-13-9-11(4-2)8-12-5-7-14-10-12/h5,7-8,10,13H,3-4,6,9H2,1-2H3. The summed E-state index contributed by atoms with van der Waals surface area (Å²) in [5, 5.41) is 3.40. The summed E-state index contributed by atoms with van der Waals surface area (Å²) >= 11 is 0. The summed E-state index contributed by atoms with van der Waals surface area (Å²) < 4.78 is 5.02. The predicted molar refractivity (Wildman–Crippen MR) is 60.1 cm³/mol. The minimum Gasteiger partial charge on any atom is -0.472 e. The van der Waals surface area contributed by atoms with Gasteiger partial charge in [-0.15, -0.1) is 0 Å². The van der Waals surface area contributed by atoms with Crippen LogP contribution in [-0.2, 0) is 0 Å². The summed E-state index contributed by atoms with van der Waals surface area (Å²) in [6.07, 6.45) is 7.94. The summed E-state index contributed by atoms with van der Waals surface area (Å²) in [6, 6.07) is 1.98. The van der Waals surface area contributed by atoms with Crippen LogP contribution in [0.15, 0.2) is 28.6 Å². The van der Waals surface area contributed by atoms with E-state index in [2.05, 4.69) is 25.2 Å². The number of hydrogen-bond acceptors (Lipinski definition) is 2. The second-order valence-electron chi connectivity index (χ2n) is 3.39. The lowest BCUT2D eigenvalue weighted by Crippen LogP contribution is -2.17. The molecule has 0 aromatic carbocycles. The molecule has 78 valence electrons. The molecule has 0 aliphatic heterocycles. The normalized spacial score (nSPS) is 12.0. The van der Waals surface area contributed by atoms with E-state index in [9.17, 15) is 0 Å². The first-order valence-electron chi connectivity index (χ1n) is 5.29. The van der Waals surface area contributed by atoms with Gasteiger partial charge in [0.25, 0.3) is 0 Å². The van der Waals surface area contributed by atoms with Crippen LogP contribution in [-0.4, -0.2) is 13.1 Å². The molecule has 1 aromatic rings. The molecule has 1 heterocycles. The van der Waals surface area contributed by atoms with Crippen molar-refractivity contribution in [2.75, 3.05) is 13.1 Å². The van der Waals surface area contributed by atoms with Crippen molar-refractivity contribution in [3.8, 4) is 0 Å². The van der Waals surface area contributed by atoms with Gasteiger partial charge < -0.3 is 9.73 Å². The highest BCUT2D eigenvalue weighted by atomic mass is 16.3. The van der Waals surface area contributed by atoms with Crippen molar-refractivity contribution in [1.82, 2.24) is 5.32 Å². The molecule has 0 aliphatic rings. The zero-order valence-corrected chi connectivity index (χ0v) is 9.05. The Labute approximate surface area is 86.0 Å². The van der Waals surface area contributed by atoms with Crippen LogP contribution >= 0.6 is 0 Å². The summed E-state index contributed by atoms with van der Waals surface area (Å²) in [5.41, 5.74) is 2.57. The first kappa shape index (κ1) is 11.1. The van der Waals surface area contributed by atoms with Gasteiger partial charge in [0, 0.05) is 12.1 Å². The van der Waals surface area contributed by atoms with Crippen LogP contribution in [0.3, 0.4) is 0 Å². The molecule has 0 atom stereocenters. The molecule has 1 N–H and O–H groups in total. The third-order valence-electron chi connectivity index (χ3n) is 2.15. The highest BCUT2D eigenvalue weighted by Gasteiger charge is 1.95. The fourth-order valence-corrected chi connectivity index (χ4v) is 1.30. The Morgan fingerprint density at radius 1 is 1.50 bits per heavy atom. The van der Waals surface area contributed by atoms with E-state index < -0.39 is 0 Å². The van der Waals surface area contributed by atoms with Gasteiger partial charge in [-0.25, -0.2) is 0 Å². The minimum atomic E-state index is 0.982. The van der Waals surface area contributed by atoms with Crippen LogP contribution in [0.5, 0.6) is 0 Å². The van der Waals surface area contributed by atoms with Gasteiger partial charge in [-0.1, -0.05) is 25.5 Å². The Kier molecular flexibility index (Phi) is 5.08. The van der Waals surface area contributed by atoms with E-state index in [1.807, 2.05) is 6.07 Å². The van der Waals surface area contributed by atoms with E-state index in [1.54, 1.807) is 12.5 Å². The monoisotopic (exact) mass is 193 g/mol. The maximum absolute atomic E-state index is 5.02. The van der Waals surface area contributed by atoms with Gasteiger partial charge >= 0.3 is 0 Å². The zero-order chi connectivity index (χ0) is 10.2. The lowest BCUT2D eigenvalue weighted by atomic mass is 10.1. The highest BCUT2D eigenvalue weighted by Crippen LogP contribution is 2.09. The highest BCUT2D eigenvalue weighted by molar-refractivity contribution is 5.51. The van der Waals surface area contributed by atoms with Crippen molar-refractivity contribution in [2.24, 2.45) is 0 Å². The number of nitrogens with one attached hydrogen (secondary N) is 1. The minimum absolute atomic E-state index is 0.982. The van der Waals surface area contributed by atoms with Gasteiger partial charge in [-0.2, -0.15) is 0 Å². The van der Waals surface area contributed by atoms with E-state index in [0.717, 1.165) is 25.1 Å². The molecule has 0 unspecified atom stereocenters. The average Bonchev–Trinajstić information content (AvgIpc) is 2.69. The van der Waals surface area contributed by atoms with E-state index in [4.69, 9.17) is 4.42 Å². The van der Waals surface area contributed by atoms with Crippen molar-refractivity contribution in [2.45, 2.75) is 26.7 Å². The Balaban J connectivity index is 2.45. The summed E-state index contributed by atoms with van der Waals surface area (Å²) in [4.78, 5) is 0. The number of furan rings is 1. The topological polar surface area (TPSA) is 25.2 Å². The quantitative estimate of drug-likeness (QED) is 0.702. The first-order chi connectivity index (χ1) is 6.86. The molecule has 0 saturated heterocycles. The summed E-state index contributed by atoms with van der Waals surface area (Å²) in [7, 11) is 0. The maximum atomic E-state index is 5.02. The van der Waals surface area contributed by atoms with E-state index in [0.29, 0.717) is 0 Å². The molecule has 14 heavy (non-hydrogen) atoms. The second kappa shape index (κ2) is 6.44. The van der Waals surface area contributed by atoms with Crippen molar-refractivity contribution in [1.29, 1.82) is 0 Å². The summed E-state index contributed by atoms with van der Waals surface area (Å²) in [6.45, 7) is 6.43. The molecule has 0 radical (unpaired) electrons. The van der Waals surface area contributed by atoms with Crippen LogP contribution in [0.4, 0.5) is 0 Å². The smallest absolute Gasteiger partial charge is 0.0974 e. The molecular weight excluding hydrogens is 174 g/mol. The van der Waals surface area contributed by atoms with Crippen molar-refractivity contribution >= 4 is 6.08 Å². The zero-order valence-electron chi connectivity index (χ0n) is 9.05. The largest absolute Gasteiger partial charge is 0.472 e. The third-order valence-corrected chi connectivity index (χ3v) is 2.15. The van der Waals surface area contributed by atoms with Gasteiger partial charge in [0.2, 0.25) is 0 Å². The number of hydrogen-bond donors (Lipinski definition) is 1. The van der Waals surface area contributed by atoms with Gasteiger partial charge in [0.05, 0.1) is 12.5 Å². The molecule has 2 heteroatoms. The van der Waals surface area contributed by atoms with Crippen LogP contribution < -0.4 is 5.32 Å². The van der Waals surface area contributed by atoms with Gasteiger partial charge in [0.15, 0.2) is 0 Å². The second-order valence-corrected chi connectivity index (χ2v) is 3.39. The van der Waals surface area contributed by atoms with E-state index in [-0.39, 0.29) is 0 Å². The first-order valence-corrected chi connectivity index (χ1v) is 5.29. The molecular formula is C12H19NO. The molecule has 0 fully saturated rings. The van der Waals surface area contributed by atoms with Crippen molar-refractivity contribution < 1.29 is 4.42 Å².